The molecule has 2 amide bonds. The molecule has 5 nitrogen and oxygen atoms in total. The number of likely N-dealkylation sites (tertiary alicyclic amines) is 1. The molecule has 1 heterocycles. The van der Waals surface area contributed by atoms with Crippen molar-refractivity contribution in [1.82, 2.24) is 4.90 Å². The third-order valence-corrected chi connectivity index (χ3v) is 4.97. The first-order chi connectivity index (χ1) is 13.3. The first kappa shape index (κ1) is 19.8. The summed E-state index contributed by atoms with van der Waals surface area (Å²) < 4.78 is 26.4. The zero-order valence-electron chi connectivity index (χ0n) is 15.9. The molecule has 2 aromatic rings. The summed E-state index contributed by atoms with van der Waals surface area (Å²) in [7, 11) is 3.89. The zero-order valence-corrected chi connectivity index (χ0v) is 15.9. The summed E-state index contributed by atoms with van der Waals surface area (Å²) in [6.07, 6.45) is 1.05. The lowest BCUT2D eigenvalue weighted by molar-refractivity contribution is -0.121. The predicted octanol–water partition coefficient (Wildman–Crippen LogP) is 3.52. The summed E-state index contributed by atoms with van der Waals surface area (Å²) in [5, 5.41) is 2.92. The highest BCUT2D eigenvalue weighted by Crippen LogP contribution is 2.22. The number of nitrogens with one attached hydrogen (secondary N) is 1. The van der Waals surface area contributed by atoms with E-state index in [0.717, 1.165) is 23.5 Å². The van der Waals surface area contributed by atoms with Crippen molar-refractivity contribution in [2.24, 2.45) is 5.92 Å². The van der Waals surface area contributed by atoms with Gasteiger partial charge in [-0.15, -0.1) is 0 Å². The highest BCUT2D eigenvalue weighted by Gasteiger charge is 2.28. The van der Waals surface area contributed by atoms with Gasteiger partial charge in [-0.2, -0.15) is 0 Å². The summed E-state index contributed by atoms with van der Waals surface area (Å²) in [6.45, 7) is 0.797. The van der Waals surface area contributed by atoms with Gasteiger partial charge in [-0.25, -0.2) is 8.78 Å². The van der Waals surface area contributed by atoms with Gasteiger partial charge in [0.15, 0.2) is 11.6 Å². The van der Waals surface area contributed by atoms with Gasteiger partial charge < -0.3 is 15.1 Å². The summed E-state index contributed by atoms with van der Waals surface area (Å²) >= 11 is 0. The molecule has 0 spiro atoms. The van der Waals surface area contributed by atoms with Crippen LogP contribution in [0.4, 0.5) is 20.2 Å². The van der Waals surface area contributed by atoms with Crippen LogP contribution in [0.3, 0.4) is 0 Å². The Morgan fingerprint density at radius 2 is 1.64 bits per heavy atom. The van der Waals surface area contributed by atoms with Crippen LogP contribution in [0.2, 0.25) is 0 Å². The first-order valence-corrected chi connectivity index (χ1v) is 9.17. The zero-order chi connectivity index (χ0) is 20.3. The van der Waals surface area contributed by atoms with Crippen molar-refractivity contribution in [3.8, 4) is 0 Å². The van der Waals surface area contributed by atoms with E-state index in [0.29, 0.717) is 25.9 Å². The van der Waals surface area contributed by atoms with Gasteiger partial charge in [0.25, 0.3) is 5.91 Å². The average molecular weight is 387 g/mol. The quantitative estimate of drug-likeness (QED) is 0.873. The second-order valence-corrected chi connectivity index (χ2v) is 7.13. The molecule has 1 aliphatic heterocycles. The molecule has 148 valence electrons. The minimum Gasteiger partial charge on any atom is -0.378 e. The van der Waals surface area contributed by atoms with Gasteiger partial charge >= 0.3 is 0 Å². The maximum absolute atomic E-state index is 13.3. The fraction of sp³-hybridized carbons (Fsp3) is 0.333. The average Bonchev–Trinajstić information content (AvgIpc) is 2.70. The molecule has 28 heavy (non-hydrogen) atoms. The Balaban J connectivity index is 1.54. The molecular formula is C21H23F2N3O2. The molecule has 1 fully saturated rings. The second-order valence-electron chi connectivity index (χ2n) is 7.13. The molecule has 0 aromatic heterocycles. The highest BCUT2D eigenvalue weighted by molar-refractivity contribution is 5.95. The third-order valence-electron chi connectivity index (χ3n) is 4.97. The molecule has 7 heteroatoms. The smallest absolute Gasteiger partial charge is 0.253 e. The Labute approximate surface area is 162 Å². The highest BCUT2D eigenvalue weighted by atomic mass is 19.2. The molecule has 1 saturated heterocycles. The number of rotatable bonds is 4. The molecule has 2 aromatic carbocycles. The molecule has 1 aliphatic rings. The molecule has 0 unspecified atom stereocenters. The van der Waals surface area contributed by atoms with Gasteiger partial charge in [0.1, 0.15) is 0 Å². The number of hydrogen-bond acceptors (Lipinski definition) is 3. The lowest BCUT2D eigenvalue weighted by Gasteiger charge is -2.31. The van der Waals surface area contributed by atoms with Crippen LogP contribution < -0.4 is 10.2 Å². The first-order valence-electron chi connectivity index (χ1n) is 9.17. The number of halogens is 2. The van der Waals surface area contributed by atoms with Gasteiger partial charge in [0, 0.05) is 50.0 Å². The topological polar surface area (TPSA) is 52.7 Å². The number of benzene rings is 2. The Kier molecular flexibility index (Phi) is 5.92. The minimum absolute atomic E-state index is 0.0717. The molecule has 0 atom stereocenters. The fourth-order valence-electron chi connectivity index (χ4n) is 3.24. The van der Waals surface area contributed by atoms with Gasteiger partial charge in [0.05, 0.1) is 0 Å². The van der Waals surface area contributed by atoms with Crippen LogP contribution in [0.1, 0.15) is 23.2 Å². The van der Waals surface area contributed by atoms with E-state index < -0.39 is 11.6 Å². The summed E-state index contributed by atoms with van der Waals surface area (Å²) in [6, 6.07) is 10.7. The van der Waals surface area contributed by atoms with Crippen molar-refractivity contribution in [1.29, 1.82) is 0 Å². The van der Waals surface area contributed by atoms with Crippen molar-refractivity contribution in [3.63, 3.8) is 0 Å². The van der Waals surface area contributed by atoms with Crippen molar-refractivity contribution in [3.05, 3.63) is 59.7 Å². The molecular weight excluding hydrogens is 364 g/mol. The Morgan fingerprint density at radius 1 is 1.00 bits per heavy atom. The van der Waals surface area contributed by atoms with E-state index in [2.05, 4.69) is 5.32 Å². The lowest BCUT2D eigenvalue weighted by atomic mass is 9.95. The van der Waals surface area contributed by atoms with Gasteiger partial charge in [-0.3, -0.25) is 9.59 Å². The predicted molar refractivity (Wildman–Crippen MR) is 104 cm³/mol. The molecule has 0 saturated carbocycles. The van der Waals surface area contributed by atoms with E-state index in [1.54, 1.807) is 4.90 Å². The Bertz CT molecular complexity index is 860. The fourth-order valence-corrected chi connectivity index (χ4v) is 3.24. The number of piperidine rings is 1. The van der Waals surface area contributed by atoms with Crippen molar-refractivity contribution in [2.45, 2.75) is 12.8 Å². The van der Waals surface area contributed by atoms with Crippen molar-refractivity contribution < 1.29 is 18.4 Å². The summed E-state index contributed by atoms with van der Waals surface area (Å²) in [4.78, 5) is 28.5. The number of carbonyl (C=O) groups excluding carboxylic acids is 2. The normalized spacial score (nSPS) is 14.6. The van der Waals surface area contributed by atoms with E-state index in [9.17, 15) is 18.4 Å². The van der Waals surface area contributed by atoms with Gasteiger partial charge in [-0.1, -0.05) is 0 Å². The van der Waals surface area contributed by atoms with E-state index in [1.807, 2.05) is 43.3 Å². The van der Waals surface area contributed by atoms with E-state index in [1.165, 1.54) is 6.07 Å². The molecule has 0 aliphatic carbocycles. The van der Waals surface area contributed by atoms with Crippen LogP contribution in [-0.4, -0.2) is 43.9 Å². The van der Waals surface area contributed by atoms with Crippen LogP contribution >= 0.6 is 0 Å². The van der Waals surface area contributed by atoms with Crippen LogP contribution in [0.5, 0.6) is 0 Å². The van der Waals surface area contributed by atoms with E-state index in [-0.39, 0.29) is 23.3 Å². The second kappa shape index (κ2) is 8.37. The summed E-state index contributed by atoms with van der Waals surface area (Å²) in [5.41, 5.74) is 1.89. The van der Waals surface area contributed by atoms with Crippen molar-refractivity contribution >= 4 is 23.2 Å². The SMILES string of the molecule is CN(C)c1ccc(NC(=O)C2CCN(C(=O)c3ccc(F)c(F)c3)CC2)cc1. The third kappa shape index (κ3) is 4.47. The van der Waals surface area contributed by atoms with Crippen LogP contribution in [0, 0.1) is 17.6 Å². The summed E-state index contributed by atoms with van der Waals surface area (Å²) in [5.74, 6) is -2.64. The van der Waals surface area contributed by atoms with E-state index in [4.69, 9.17) is 0 Å². The monoisotopic (exact) mass is 387 g/mol. The van der Waals surface area contributed by atoms with Crippen LogP contribution in [-0.2, 0) is 4.79 Å². The Hall–Kier alpha value is -2.96. The largest absolute Gasteiger partial charge is 0.378 e. The van der Waals surface area contributed by atoms with Gasteiger partial charge in [0.2, 0.25) is 5.91 Å². The van der Waals surface area contributed by atoms with Gasteiger partial charge in [-0.05, 0) is 55.3 Å². The molecule has 0 radical (unpaired) electrons. The minimum atomic E-state index is -1.04. The van der Waals surface area contributed by atoms with Crippen molar-refractivity contribution in [2.75, 3.05) is 37.4 Å². The number of anilines is 2. The number of amides is 2. The van der Waals surface area contributed by atoms with Crippen LogP contribution in [0.15, 0.2) is 42.5 Å². The van der Waals surface area contributed by atoms with E-state index >= 15 is 0 Å². The molecule has 0 bridgehead atoms. The number of nitrogens with zero attached hydrogens (tertiary/aromatic N) is 2. The number of hydrogen-bond donors (Lipinski definition) is 1. The maximum Gasteiger partial charge on any atom is 0.253 e. The lowest BCUT2D eigenvalue weighted by Crippen LogP contribution is -2.41. The standard InChI is InChI=1S/C21H23F2N3O2/c1-25(2)17-6-4-16(5-7-17)24-20(27)14-9-11-26(12-10-14)21(28)15-3-8-18(22)19(23)13-15/h3-8,13-14H,9-12H2,1-2H3,(H,24,27). The Morgan fingerprint density at radius 3 is 2.21 bits per heavy atom. The number of carbonyl (C=O) groups is 2. The molecule has 3 rings (SSSR count). The van der Waals surface area contributed by atoms with Crippen LogP contribution in [0.25, 0.3) is 0 Å². The maximum atomic E-state index is 13.3. The molecule has 1 N–H and O–H groups in total.